The van der Waals surface area contributed by atoms with Crippen molar-refractivity contribution in [1.82, 2.24) is 19.6 Å². The molecule has 0 atom stereocenters. The summed E-state index contributed by atoms with van der Waals surface area (Å²) >= 11 is 0. The number of benzene rings is 2. The Labute approximate surface area is 165 Å². The predicted octanol–water partition coefficient (Wildman–Crippen LogP) is 4.55. The van der Waals surface area contributed by atoms with Crippen molar-refractivity contribution in [2.75, 3.05) is 0 Å². The molecule has 5 rings (SSSR count). The van der Waals surface area contributed by atoms with Crippen molar-refractivity contribution in [1.29, 1.82) is 5.26 Å². The van der Waals surface area contributed by atoms with Gasteiger partial charge in [-0.15, -0.1) is 0 Å². The van der Waals surface area contributed by atoms with Crippen LogP contribution < -0.4 is 0 Å². The predicted molar refractivity (Wildman–Crippen MR) is 108 cm³/mol. The molecule has 0 radical (unpaired) electrons. The molecular formula is C23H14FN5. The molecule has 6 heteroatoms. The fourth-order valence-electron chi connectivity index (χ4n) is 3.41. The molecule has 0 aliphatic heterocycles. The van der Waals surface area contributed by atoms with Crippen LogP contribution in [-0.4, -0.2) is 19.6 Å². The highest BCUT2D eigenvalue weighted by Gasteiger charge is 2.10. The highest BCUT2D eigenvalue weighted by Crippen LogP contribution is 2.22. The van der Waals surface area contributed by atoms with Crippen molar-refractivity contribution < 1.29 is 4.39 Å². The van der Waals surface area contributed by atoms with Crippen molar-refractivity contribution in [3.8, 4) is 17.3 Å². The second kappa shape index (κ2) is 6.80. The van der Waals surface area contributed by atoms with Crippen molar-refractivity contribution >= 4 is 16.6 Å². The first-order valence-electron chi connectivity index (χ1n) is 9.08. The van der Waals surface area contributed by atoms with Crippen LogP contribution in [-0.2, 0) is 6.42 Å². The van der Waals surface area contributed by atoms with Crippen LogP contribution in [0.15, 0.2) is 73.1 Å². The van der Waals surface area contributed by atoms with E-state index >= 15 is 0 Å². The first kappa shape index (κ1) is 17.0. The van der Waals surface area contributed by atoms with Gasteiger partial charge in [-0.05, 0) is 54.1 Å². The summed E-state index contributed by atoms with van der Waals surface area (Å²) in [4.78, 5) is 8.79. The third-order valence-corrected chi connectivity index (χ3v) is 4.87. The number of nitriles is 1. The van der Waals surface area contributed by atoms with Gasteiger partial charge in [-0.3, -0.25) is 4.98 Å². The number of pyridine rings is 1. The summed E-state index contributed by atoms with van der Waals surface area (Å²) in [7, 11) is 0. The third-order valence-electron chi connectivity index (χ3n) is 4.87. The molecule has 0 unspecified atom stereocenters. The van der Waals surface area contributed by atoms with Crippen LogP contribution in [0.1, 0.15) is 16.8 Å². The van der Waals surface area contributed by atoms with Gasteiger partial charge in [-0.25, -0.2) is 13.9 Å². The minimum Gasteiger partial charge on any atom is -0.256 e. The van der Waals surface area contributed by atoms with Crippen LogP contribution in [0.25, 0.3) is 27.8 Å². The van der Waals surface area contributed by atoms with Crippen LogP contribution in [0, 0.1) is 17.1 Å². The maximum atomic E-state index is 13.6. The Bertz CT molecular complexity index is 1410. The zero-order valence-electron chi connectivity index (χ0n) is 15.2. The van der Waals surface area contributed by atoms with Gasteiger partial charge < -0.3 is 0 Å². The lowest BCUT2D eigenvalue weighted by Gasteiger charge is -2.06. The Morgan fingerprint density at radius 1 is 1.00 bits per heavy atom. The molecule has 0 saturated carbocycles. The van der Waals surface area contributed by atoms with Crippen LogP contribution >= 0.6 is 0 Å². The molecule has 5 aromatic rings. The number of rotatable bonds is 3. The molecule has 0 fully saturated rings. The van der Waals surface area contributed by atoms with Gasteiger partial charge in [0.2, 0.25) is 0 Å². The van der Waals surface area contributed by atoms with Crippen molar-refractivity contribution in [2.45, 2.75) is 6.42 Å². The smallest absolute Gasteiger partial charge is 0.153 e. The van der Waals surface area contributed by atoms with E-state index in [4.69, 9.17) is 5.26 Å². The van der Waals surface area contributed by atoms with Crippen LogP contribution in [0.5, 0.6) is 0 Å². The van der Waals surface area contributed by atoms with Crippen molar-refractivity contribution in [3.05, 3.63) is 95.7 Å². The van der Waals surface area contributed by atoms with E-state index in [1.54, 1.807) is 16.8 Å². The summed E-state index contributed by atoms with van der Waals surface area (Å²) in [5.74, 6) is -0.536. The van der Waals surface area contributed by atoms with Crippen molar-refractivity contribution in [3.63, 3.8) is 0 Å². The largest absolute Gasteiger partial charge is 0.256 e. The zero-order chi connectivity index (χ0) is 19.8. The number of aromatic nitrogens is 4. The highest BCUT2D eigenvalue weighted by molar-refractivity contribution is 5.79. The molecule has 0 N–H and O–H groups in total. The van der Waals surface area contributed by atoms with Gasteiger partial charge >= 0.3 is 0 Å². The molecule has 3 aromatic heterocycles. The van der Waals surface area contributed by atoms with E-state index in [-0.39, 0.29) is 5.56 Å². The van der Waals surface area contributed by atoms with Gasteiger partial charge in [0.05, 0.1) is 28.7 Å². The Morgan fingerprint density at radius 3 is 2.83 bits per heavy atom. The number of fused-ring (bicyclic) bond motifs is 2. The number of hydrogen-bond acceptors (Lipinski definition) is 4. The second-order valence-corrected chi connectivity index (χ2v) is 6.75. The first-order valence-corrected chi connectivity index (χ1v) is 9.08. The summed E-state index contributed by atoms with van der Waals surface area (Å²) in [6.45, 7) is 0. The molecular weight excluding hydrogens is 365 g/mol. The molecule has 0 spiro atoms. The Balaban J connectivity index is 1.55. The highest BCUT2D eigenvalue weighted by atomic mass is 19.1. The number of hydrogen-bond donors (Lipinski definition) is 0. The summed E-state index contributed by atoms with van der Waals surface area (Å²) in [6, 6.07) is 20.1. The first-order chi connectivity index (χ1) is 14.2. The van der Waals surface area contributed by atoms with Gasteiger partial charge in [0, 0.05) is 23.6 Å². The lowest BCUT2D eigenvalue weighted by Crippen LogP contribution is -2.00. The van der Waals surface area contributed by atoms with E-state index in [0.717, 1.165) is 27.8 Å². The van der Waals surface area contributed by atoms with Gasteiger partial charge in [0.25, 0.3) is 0 Å². The molecule has 0 aliphatic carbocycles. The van der Waals surface area contributed by atoms with E-state index in [2.05, 4.69) is 27.2 Å². The second-order valence-electron chi connectivity index (χ2n) is 6.75. The Morgan fingerprint density at radius 2 is 1.93 bits per heavy atom. The molecule has 0 saturated heterocycles. The van der Waals surface area contributed by atoms with E-state index in [1.807, 2.05) is 42.6 Å². The molecule has 0 aliphatic rings. The summed E-state index contributed by atoms with van der Waals surface area (Å²) in [5.41, 5.74) is 5.09. The SMILES string of the molecule is N#Cc1cc(-c2ccc3ncc(Cc4ccc5ncccc5c4)n3n2)ccc1F. The topological polar surface area (TPSA) is 66.9 Å². The third kappa shape index (κ3) is 3.09. The summed E-state index contributed by atoms with van der Waals surface area (Å²) in [6.07, 6.45) is 4.26. The quantitative estimate of drug-likeness (QED) is 0.461. The lowest BCUT2D eigenvalue weighted by molar-refractivity contribution is 0.624. The summed E-state index contributed by atoms with van der Waals surface area (Å²) in [5, 5.41) is 14.8. The minimum atomic E-state index is -0.536. The van der Waals surface area contributed by atoms with Gasteiger partial charge in [-0.2, -0.15) is 10.4 Å². The van der Waals surface area contributed by atoms with E-state index in [1.165, 1.54) is 12.1 Å². The van der Waals surface area contributed by atoms with E-state index in [0.29, 0.717) is 17.7 Å². The van der Waals surface area contributed by atoms with Crippen LogP contribution in [0.4, 0.5) is 4.39 Å². The Kier molecular flexibility index (Phi) is 3.99. The fourth-order valence-corrected chi connectivity index (χ4v) is 3.41. The minimum absolute atomic E-state index is 0.0000228. The van der Waals surface area contributed by atoms with E-state index in [9.17, 15) is 4.39 Å². The van der Waals surface area contributed by atoms with Gasteiger partial charge in [0.1, 0.15) is 11.9 Å². The van der Waals surface area contributed by atoms with Crippen molar-refractivity contribution in [2.24, 2.45) is 0 Å². The molecule has 0 amide bonds. The fraction of sp³-hybridized carbons (Fsp3) is 0.0435. The molecule has 0 bridgehead atoms. The monoisotopic (exact) mass is 379 g/mol. The molecule has 3 heterocycles. The van der Waals surface area contributed by atoms with Gasteiger partial charge in [-0.1, -0.05) is 12.1 Å². The Hall–Kier alpha value is -4.11. The molecule has 2 aromatic carbocycles. The molecule has 29 heavy (non-hydrogen) atoms. The van der Waals surface area contributed by atoms with Crippen LogP contribution in [0.3, 0.4) is 0 Å². The number of imidazole rings is 1. The maximum Gasteiger partial charge on any atom is 0.153 e. The average Bonchev–Trinajstić information content (AvgIpc) is 3.16. The van der Waals surface area contributed by atoms with Gasteiger partial charge in [0.15, 0.2) is 5.65 Å². The number of nitrogens with zero attached hydrogens (tertiary/aromatic N) is 5. The zero-order valence-corrected chi connectivity index (χ0v) is 15.2. The maximum absolute atomic E-state index is 13.6. The number of halogens is 1. The molecule has 138 valence electrons. The standard InChI is InChI=1S/C23H14FN5/c24-20-5-4-17(12-18(20)13-25)22-7-8-23-27-14-19(29(23)28-22)11-15-3-6-21-16(10-15)2-1-9-26-21/h1-10,12,14H,11H2. The lowest BCUT2D eigenvalue weighted by atomic mass is 10.1. The van der Waals surface area contributed by atoms with Crippen LogP contribution in [0.2, 0.25) is 0 Å². The average molecular weight is 379 g/mol. The summed E-state index contributed by atoms with van der Waals surface area (Å²) < 4.78 is 15.4. The van der Waals surface area contributed by atoms with E-state index < -0.39 is 5.82 Å². The normalized spacial score (nSPS) is 11.0. The molecule has 5 nitrogen and oxygen atoms in total.